The first kappa shape index (κ1) is 12.2. The smallest absolute Gasteiger partial charge is 0.0366 e. The Hall–Kier alpha value is -0.860. The number of rotatable bonds is 3. The summed E-state index contributed by atoms with van der Waals surface area (Å²) in [7, 11) is 0. The van der Waals surface area contributed by atoms with Gasteiger partial charge in [-0.05, 0) is 29.9 Å². The van der Waals surface area contributed by atoms with Crippen LogP contribution in [0.15, 0.2) is 24.3 Å². The molecule has 0 bridgehead atoms. The van der Waals surface area contributed by atoms with Gasteiger partial charge in [-0.25, -0.2) is 0 Å². The number of benzene rings is 1. The highest BCUT2D eigenvalue weighted by Gasteiger charge is 2.46. The van der Waals surface area contributed by atoms with Crippen LogP contribution in [-0.2, 0) is 13.1 Å². The van der Waals surface area contributed by atoms with Gasteiger partial charge in [0.1, 0.15) is 0 Å². The molecule has 2 N–H and O–H groups in total. The second-order valence-corrected chi connectivity index (χ2v) is 5.93. The van der Waals surface area contributed by atoms with Crippen molar-refractivity contribution < 1.29 is 0 Å². The van der Waals surface area contributed by atoms with Crippen molar-refractivity contribution in [3.63, 3.8) is 0 Å². The molecule has 2 unspecified atom stereocenters. The van der Waals surface area contributed by atoms with E-state index in [1.807, 2.05) is 0 Å². The van der Waals surface area contributed by atoms with E-state index in [1.54, 1.807) is 0 Å². The third kappa shape index (κ3) is 1.70. The van der Waals surface area contributed by atoms with Crippen molar-refractivity contribution >= 4 is 0 Å². The lowest BCUT2D eigenvalue weighted by molar-refractivity contribution is 0.0523. The molecule has 0 radical (unpaired) electrons. The summed E-state index contributed by atoms with van der Waals surface area (Å²) in [5, 5.41) is 0. The Labute approximate surface area is 110 Å². The van der Waals surface area contributed by atoms with Gasteiger partial charge in [0.15, 0.2) is 0 Å². The van der Waals surface area contributed by atoms with Gasteiger partial charge in [-0.15, -0.1) is 0 Å². The normalized spacial score (nSPS) is 31.8. The van der Waals surface area contributed by atoms with Gasteiger partial charge in [-0.2, -0.15) is 0 Å². The summed E-state index contributed by atoms with van der Waals surface area (Å²) in [6, 6.07) is 8.86. The highest BCUT2D eigenvalue weighted by Crippen LogP contribution is 2.44. The van der Waals surface area contributed by atoms with Crippen LogP contribution < -0.4 is 5.73 Å². The molecule has 0 amide bonds. The molecule has 1 heterocycles. The Morgan fingerprint density at radius 3 is 2.50 bits per heavy atom. The van der Waals surface area contributed by atoms with Crippen LogP contribution in [0, 0.1) is 5.92 Å². The molecule has 18 heavy (non-hydrogen) atoms. The van der Waals surface area contributed by atoms with Crippen LogP contribution >= 0.6 is 0 Å². The van der Waals surface area contributed by atoms with Gasteiger partial charge in [0, 0.05) is 25.2 Å². The average Bonchev–Trinajstić information content (AvgIpc) is 3.02. The summed E-state index contributed by atoms with van der Waals surface area (Å²) in [4.78, 5) is 2.67. The lowest BCUT2D eigenvalue weighted by Crippen LogP contribution is -2.54. The summed E-state index contributed by atoms with van der Waals surface area (Å²) in [6.07, 6.45) is 5.27. The van der Waals surface area contributed by atoms with Crippen molar-refractivity contribution in [3.05, 3.63) is 35.4 Å². The van der Waals surface area contributed by atoms with E-state index in [-0.39, 0.29) is 5.54 Å². The lowest BCUT2D eigenvalue weighted by atomic mass is 9.83. The molecule has 1 aromatic rings. The largest absolute Gasteiger partial charge is 0.329 e. The van der Waals surface area contributed by atoms with E-state index in [0.717, 1.165) is 25.6 Å². The van der Waals surface area contributed by atoms with Crippen molar-refractivity contribution in [2.45, 2.75) is 51.2 Å². The standard InChI is InChI=1S/C16H24N2/c1-2-15-8-5-9-16(15,12-17)18-10-13-6-3-4-7-14(13)11-18/h3-4,6-7,15H,2,5,8-12,17H2,1H3. The monoisotopic (exact) mass is 244 g/mol. The number of nitrogens with two attached hydrogens (primary N) is 1. The summed E-state index contributed by atoms with van der Waals surface area (Å²) in [5.74, 6) is 0.789. The van der Waals surface area contributed by atoms with Crippen molar-refractivity contribution in [1.82, 2.24) is 4.90 Å². The molecule has 2 heteroatoms. The van der Waals surface area contributed by atoms with Crippen LogP contribution in [0.1, 0.15) is 43.7 Å². The molecule has 0 saturated heterocycles. The van der Waals surface area contributed by atoms with Crippen molar-refractivity contribution in [3.8, 4) is 0 Å². The molecule has 1 fully saturated rings. The van der Waals surface area contributed by atoms with Crippen LogP contribution in [0.4, 0.5) is 0 Å². The first-order valence-electron chi connectivity index (χ1n) is 7.32. The molecule has 2 aliphatic rings. The van der Waals surface area contributed by atoms with Crippen LogP contribution in [0.2, 0.25) is 0 Å². The fourth-order valence-corrected chi connectivity index (χ4v) is 4.17. The fourth-order valence-electron chi connectivity index (χ4n) is 4.17. The molecule has 3 rings (SSSR count). The second-order valence-electron chi connectivity index (χ2n) is 5.93. The van der Waals surface area contributed by atoms with E-state index < -0.39 is 0 Å². The predicted octanol–water partition coefficient (Wildman–Crippen LogP) is 2.91. The minimum Gasteiger partial charge on any atom is -0.329 e. The Bertz CT molecular complexity index is 404. The molecule has 1 saturated carbocycles. The Kier molecular flexibility index (Phi) is 3.16. The van der Waals surface area contributed by atoms with Gasteiger partial charge in [0.2, 0.25) is 0 Å². The highest BCUT2D eigenvalue weighted by atomic mass is 15.2. The Balaban J connectivity index is 1.87. The van der Waals surface area contributed by atoms with Gasteiger partial charge >= 0.3 is 0 Å². The zero-order valence-corrected chi connectivity index (χ0v) is 11.4. The number of hydrogen-bond donors (Lipinski definition) is 1. The molecule has 2 nitrogen and oxygen atoms in total. The first-order chi connectivity index (χ1) is 8.80. The third-order valence-electron chi connectivity index (χ3n) is 5.24. The average molecular weight is 244 g/mol. The van der Waals surface area contributed by atoms with E-state index in [1.165, 1.54) is 36.8 Å². The van der Waals surface area contributed by atoms with Gasteiger partial charge in [-0.1, -0.05) is 44.0 Å². The number of nitrogens with zero attached hydrogens (tertiary/aromatic N) is 1. The molecular weight excluding hydrogens is 220 g/mol. The highest BCUT2D eigenvalue weighted by molar-refractivity contribution is 5.31. The first-order valence-corrected chi connectivity index (χ1v) is 7.32. The van der Waals surface area contributed by atoms with Gasteiger partial charge in [-0.3, -0.25) is 4.90 Å². The quantitative estimate of drug-likeness (QED) is 0.886. The SMILES string of the molecule is CCC1CCCC1(CN)N1Cc2ccccc2C1. The molecule has 1 aromatic carbocycles. The van der Waals surface area contributed by atoms with Crippen LogP contribution in [0.5, 0.6) is 0 Å². The number of fused-ring (bicyclic) bond motifs is 1. The van der Waals surface area contributed by atoms with E-state index in [0.29, 0.717) is 0 Å². The van der Waals surface area contributed by atoms with E-state index in [9.17, 15) is 0 Å². The molecule has 1 aliphatic carbocycles. The van der Waals surface area contributed by atoms with Gasteiger partial charge < -0.3 is 5.73 Å². The van der Waals surface area contributed by atoms with E-state index in [2.05, 4.69) is 36.1 Å². The molecular formula is C16H24N2. The van der Waals surface area contributed by atoms with E-state index in [4.69, 9.17) is 5.73 Å². The van der Waals surface area contributed by atoms with Crippen molar-refractivity contribution in [2.75, 3.05) is 6.54 Å². The Morgan fingerprint density at radius 2 is 1.94 bits per heavy atom. The maximum absolute atomic E-state index is 6.21. The molecule has 2 atom stereocenters. The maximum Gasteiger partial charge on any atom is 0.0366 e. The summed E-state index contributed by atoms with van der Waals surface area (Å²) in [5.41, 5.74) is 9.49. The summed E-state index contributed by atoms with van der Waals surface area (Å²) < 4.78 is 0. The minimum absolute atomic E-state index is 0.272. The second kappa shape index (κ2) is 4.67. The maximum atomic E-state index is 6.21. The lowest BCUT2D eigenvalue weighted by Gasteiger charge is -2.42. The number of hydrogen-bond acceptors (Lipinski definition) is 2. The summed E-state index contributed by atoms with van der Waals surface area (Å²) in [6.45, 7) is 5.34. The minimum atomic E-state index is 0.272. The topological polar surface area (TPSA) is 29.3 Å². The third-order valence-corrected chi connectivity index (χ3v) is 5.24. The van der Waals surface area contributed by atoms with E-state index >= 15 is 0 Å². The van der Waals surface area contributed by atoms with Gasteiger partial charge in [0.25, 0.3) is 0 Å². The zero-order valence-electron chi connectivity index (χ0n) is 11.4. The van der Waals surface area contributed by atoms with Crippen LogP contribution in [0.3, 0.4) is 0 Å². The van der Waals surface area contributed by atoms with Crippen molar-refractivity contribution in [2.24, 2.45) is 11.7 Å². The molecule has 98 valence electrons. The van der Waals surface area contributed by atoms with Crippen LogP contribution in [0.25, 0.3) is 0 Å². The van der Waals surface area contributed by atoms with Crippen molar-refractivity contribution in [1.29, 1.82) is 0 Å². The molecule has 1 aliphatic heterocycles. The molecule has 0 spiro atoms. The Morgan fingerprint density at radius 1 is 1.28 bits per heavy atom. The fraction of sp³-hybridized carbons (Fsp3) is 0.625. The predicted molar refractivity (Wildman–Crippen MR) is 75.1 cm³/mol. The molecule has 0 aromatic heterocycles. The van der Waals surface area contributed by atoms with Gasteiger partial charge in [0.05, 0.1) is 0 Å². The zero-order chi connectivity index (χ0) is 12.6. The summed E-state index contributed by atoms with van der Waals surface area (Å²) >= 11 is 0. The van der Waals surface area contributed by atoms with Crippen LogP contribution in [-0.4, -0.2) is 17.0 Å².